The molecule has 0 aromatic rings. The fourth-order valence-electron chi connectivity index (χ4n) is 9.29. The number of rotatable bonds is 12. The summed E-state index contributed by atoms with van der Waals surface area (Å²) in [5.74, 6) is -1.79. The van der Waals surface area contributed by atoms with Gasteiger partial charge < -0.3 is 74.4 Å². The largest absolute Gasteiger partial charge is 0.393 e. The first-order chi connectivity index (χ1) is 22.7. The lowest BCUT2D eigenvalue weighted by atomic mass is 9.50. The van der Waals surface area contributed by atoms with Crippen LogP contribution in [0.5, 0.6) is 0 Å². The van der Waals surface area contributed by atoms with Gasteiger partial charge in [-0.15, -0.1) is 0 Å². The first-order valence-electron chi connectivity index (χ1n) is 17.7. The predicted octanol–water partition coefficient (Wildman–Crippen LogP) is -0.484. The molecular formula is C36H66O15. The maximum Gasteiger partial charge on any atom is 0.225 e. The van der Waals surface area contributed by atoms with E-state index in [0.29, 0.717) is 0 Å². The molecule has 15 nitrogen and oxygen atoms in total. The molecule has 5 aliphatic heterocycles. The van der Waals surface area contributed by atoms with Crippen LogP contribution in [0.2, 0.25) is 0 Å². The molecule has 0 aromatic carbocycles. The van der Waals surface area contributed by atoms with Gasteiger partial charge in [0, 0.05) is 12.0 Å². The van der Waals surface area contributed by atoms with Crippen molar-refractivity contribution in [2.24, 2.45) is 10.8 Å². The number of fused-ring (bicyclic) bond motifs is 2. The van der Waals surface area contributed by atoms with Crippen LogP contribution >= 0.6 is 0 Å². The minimum absolute atomic E-state index is 0.00209. The minimum Gasteiger partial charge on any atom is -0.393 e. The van der Waals surface area contributed by atoms with Crippen LogP contribution in [0.1, 0.15) is 96.4 Å². The van der Waals surface area contributed by atoms with Gasteiger partial charge in [-0.2, -0.15) is 0 Å². The van der Waals surface area contributed by atoms with E-state index in [9.17, 15) is 46.0 Å². The van der Waals surface area contributed by atoms with E-state index in [0.717, 1.165) is 0 Å². The Morgan fingerprint density at radius 1 is 0.471 bits per heavy atom. The van der Waals surface area contributed by atoms with Crippen molar-refractivity contribution < 1.29 is 74.4 Å². The zero-order chi connectivity index (χ0) is 39.6. The normalized spacial score (nSPS) is 58.7. The van der Waals surface area contributed by atoms with Crippen molar-refractivity contribution in [2.75, 3.05) is 52.9 Å². The lowest BCUT2D eigenvalue weighted by molar-refractivity contribution is -0.579. The minimum atomic E-state index is -1.89. The van der Waals surface area contributed by atoms with E-state index >= 15 is 0 Å². The molecule has 0 aromatic heterocycles. The van der Waals surface area contributed by atoms with E-state index in [1.165, 1.54) is 55.4 Å². The topological polar surface area (TPSA) is 237 Å². The molecule has 300 valence electrons. The highest BCUT2D eigenvalue weighted by Crippen LogP contribution is 2.65. The Kier molecular flexibility index (Phi) is 10.1. The molecule has 0 radical (unpaired) electrons. The third-order valence-corrected chi connectivity index (χ3v) is 15.7. The number of aliphatic hydroxyl groups is 9. The van der Waals surface area contributed by atoms with Crippen molar-refractivity contribution in [3.63, 3.8) is 0 Å². The van der Waals surface area contributed by atoms with Gasteiger partial charge in [0.1, 0.15) is 62.6 Å². The monoisotopic (exact) mass is 738 g/mol. The Morgan fingerprint density at radius 3 is 1.45 bits per heavy atom. The van der Waals surface area contributed by atoms with Gasteiger partial charge in [0.15, 0.2) is 0 Å². The third kappa shape index (κ3) is 4.97. The fraction of sp³-hybridized carbons (Fsp3) is 1.00. The maximum atomic E-state index is 12.5. The molecule has 15 heteroatoms. The van der Waals surface area contributed by atoms with Gasteiger partial charge in [-0.25, -0.2) is 0 Å². The maximum absolute atomic E-state index is 12.5. The number of ether oxygens (including phenoxy) is 6. The Balaban J connectivity index is 1.59. The molecule has 5 aliphatic rings. The molecule has 0 saturated carbocycles. The molecule has 51 heavy (non-hydrogen) atoms. The summed E-state index contributed by atoms with van der Waals surface area (Å²) in [5, 5.41) is 101. The molecule has 5 rings (SSSR count). The van der Waals surface area contributed by atoms with Crippen LogP contribution in [-0.4, -0.2) is 166 Å². The van der Waals surface area contributed by atoms with Crippen LogP contribution in [0, 0.1) is 10.8 Å². The van der Waals surface area contributed by atoms with Crippen LogP contribution in [0.3, 0.4) is 0 Å². The quantitative estimate of drug-likeness (QED) is 0.115. The highest BCUT2D eigenvalue weighted by atomic mass is 16.8. The van der Waals surface area contributed by atoms with Gasteiger partial charge in [-0.05, 0) is 82.6 Å². The van der Waals surface area contributed by atoms with E-state index in [1.54, 1.807) is 34.6 Å². The van der Waals surface area contributed by atoms with Gasteiger partial charge in [-0.1, -0.05) is 13.8 Å². The molecule has 2 bridgehead atoms. The van der Waals surface area contributed by atoms with E-state index in [4.69, 9.17) is 28.4 Å². The zero-order valence-electron chi connectivity index (χ0n) is 32.8. The van der Waals surface area contributed by atoms with Crippen LogP contribution in [0.15, 0.2) is 0 Å². The third-order valence-electron chi connectivity index (χ3n) is 15.7. The fourth-order valence-corrected chi connectivity index (χ4v) is 9.29. The first-order valence-corrected chi connectivity index (χ1v) is 17.7. The van der Waals surface area contributed by atoms with E-state index in [1.807, 2.05) is 0 Å². The lowest BCUT2D eigenvalue weighted by Crippen LogP contribution is -2.96. The highest BCUT2D eigenvalue weighted by molar-refractivity contribution is 5.30. The number of aliphatic hydroxyl groups excluding tert-OH is 3. The highest BCUT2D eigenvalue weighted by Gasteiger charge is 2.86. The Labute approximate surface area is 301 Å². The van der Waals surface area contributed by atoms with Gasteiger partial charge in [-0.3, -0.25) is 0 Å². The second-order valence-electron chi connectivity index (χ2n) is 18.4. The second-order valence-corrected chi connectivity index (χ2v) is 18.4. The van der Waals surface area contributed by atoms with Crippen molar-refractivity contribution in [1.29, 1.82) is 0 Å². The molecule has 10 unspecified atom stereocenters. The average molecular weight is 739 g/mol. The van der Waals surface area contributed by atoms with Gasteiger partial charge in [0.25, 0.3) is 0 Å². The van der Waals surface area contributed by atoms with Gasteiger partial charge >= 0.3 is 0 Å². The summed E-state index contributed by atoms with van der Waals surface area (Å²) in [7, 11) is 0. The van der Waals surface area contributed by atoms with Crippen molar-refractivity contribution in [3.8, 4) is 0 Å². The molecule has 5 saturated heterocycles. The summed E-state index contributed by atoms with van der Waals surface area (Å²) in [6.45, 7) is 17.0. The Hall–Kier alpha value is -0.600. The SMILES string of the molecule is CC1(O)COC(C)(CO)[C@@](C)(COC[C@@]2(C)OC(C)(CO)C(C)(O)C(C)(CCOC[C@@]3(C)OC4(CO)OC(C)(C3(C)O)[C@]4(C)O)C2(C)O)C1(C)O. The zero-order valence-corrected chi connectivity index (χ0v) is 32.8. The summed E-state index contributed by atoms with van der Waals surface area (Å²) in [5.41, 5.74) is -21.2. The average Bonchev–Trinajstić information content (AvgIpc) is 3.02. The van der Waals surface area contributed by atoms with E-state index < -0.39 is 98.0 Å². The Morgan fingerprint density at radius 2 is 0.961 bits per heavy atom. The van der Waals surface area contributed by atoms with Crippen LogP contribution in [0.25, 0.3) is 0 Å². The van der Waals surface area contributed by atoms with Crippen molar-refractivity contribution in [2.45, 2.75) is 164 Å². The summed E-state index contributed by atoms with van der Waals surface area (Å²) in [6, 6.07) is 0. The van der Waals surface area contributed by atoms with E-state index in [2.05, 4.69) is 0 Å². The lowest BCUT2D eigenvalue weighted by Gasteiger charge is -2.76. The molecule has 0 spiro atoms. The number of hydrogen-bond acceptors (Lipinski definition) is 15. The van der Waals surface area contributed by atoms with Crippen LogP contribution in [-0.2, 0) is 28.4 Å². The molecule has 14 atom stereocenters. The molecular weight excluding hydrogens is 672 g/mol. The first kappa shape index (κ1) is 43.1. The van der Waals surface area contributed by atoms with Crippen LogP contribution in [0.4, 0.5) is 0 Å². The van der Waals surface area contributed by atoms with Crippen molar-refractivity contribution >= 4 is 0 Å². The summed E-state index contributed by atoms with van der Waals surface area (Å²) < 4.78 is 36.5. The molecule has 0 aliphatic carbocycles. The second kappa shape index (κ2) is 12.0. The molecule has 0 amide bonds. The van der Waals surface area contributed by atoms with Crippen molar-refractivity contribution in [3.05, 3.63) is 0 Å². The standard InChI is InChI=1S/C36H66O15/c1-23(14-15-46-21-29(7)33(11,44)35(13)34(12,45)36(18-39,50-29)51-35)31(9,42)27(5,17-38)49-28(6,32(23,10)43)22-47-19-24(2)26(4,16-37)48-20-25(3,40)30(24,8)41/h37-45H,14-22H2,1-13H3/t23?,24-,25?,26?,27?,28-,29-,30?,31?,32?,33?,34+,35?,36?/m1/s1. The summed E-state index contributed by atoms with van der Waals surface area (Å²) >= 11 is 0. The smallest absolute Gasteiger partial charge is 0.225 e. The Bertz CT molecular complexity index is 1330. The van der Waals surface area contributed by atoms with Gasteiger partial charge in [0.2, 0.25) is 5.79 Å². The molecule has 5 fully saturated rings. The molecule has 9 N–H and O–H groups in total. The van der Waals surface area contributed by atoms with Gasteiger partial charge in [0.05, 0.1) is 50.7 Å². The molecule has 5 heterocycles. The van der Waals surface area contributed by atoms with Crippen LogP contribution < -0.4 is 0 Å². The van der Waals surface area contributed by atoms with Crippen molar-refractivity contribution in [1.82, 2.24) is 0 Å². The number of hydrogen-bond donors (Lipinski definition) is 9. The summed E-state index contributed by atoms with van der Waals surface area (Å²) in [4.78, 5) is 0. The van der Waals surface area contributed by atoms with E-state index in [-0.39, 0.29) is 39.5 Å². The predicted molar refractivity (Wildman–Crippen MR) is 181 cm³/mol. The summed E-state index contributed by atoms with van der Waals surface area (Å²) in [6.07, 6.45) is 0.00209.